The topological polar surface area (TPSA) is 115 Å². The van der Waals surface area contributed by atoms with Crippen molar-refractivity contribution in [3.63, 3.8) is 0 Å². The van der Waals surface area contributed by atoms with Gasteiger partial charge in [-0.1, -0.05) is 0 Å². The number of carbonyl (C=O) groups excluding carboxylic acids is 1. The van der Waals surface area contributed by atoms with Gasteiger partial charge >= 0.3 is 11.8 Å². The molecule has 2 rings (SSSR count). The third-order valence-electron chi connectivity index (χ3n) is 2.60. The Morgan fingerprint density at radius 2 is 2.27 bits per heavy atom. The average Bonchev–Trinajstić information content (AvgIpc) is 2.61. The highest BCUT2D eigenvalue weighted by molar-refractivity contribution is 5.82. The summed E-state index contributed by atoms with van der Waals surface area (Å²) in [6.07, 6.45) is -2.55. The van der Waals surface area contributed by atoms with Crippen LogP contribution in [0.5, 0.6) is 0 Å². The van der Waals surface area contributed by atoms with Gasteiger partial charge in [-0.15, -0.1) is 0 Å². The molecule has 0 aliphatic carbocycles. The molecular weight excluding hydrogens is 212 g/mol. The third-order valence-corrected chi connectivity index (χ3v) is 2.60. The van der Waals surface area contributed by atoms with Gasteiger partial charge in [0.05, 0.1) is 6.61 Å². The van der Waals surface area contributed by atoms with Crippen LogP contribution in [0.3, 0.4) is 0 Å². The molecular formula is C7H10O8. The van der Waals surface area contributed by atoms with Crippen LogP contribution in [-0.4, -0.2) is 58.9 Å². The van der Waals surface area contributed by atoms with Crippen molar-refractivity contribution >= 4 is 5.97 Å². The van der Waals surface area contributed by atoms with Gasteiger partial charge in [0, 0.05) is 7.11 Å². The lowest BCUT2D eigenvalue weighted by atomic mass is 10.0. The van der Waals surface area contributed by atoms with E-state index in [0.717, 1.165) is 7.11 Å². The maximum atomic E-state index is 11.3. The minimum Gasteiger partial charge on any atom is -0.449 e. The molecule has 2 aliphatic heterocycles. The second-order valence-electron chi connectivity index (χ2n) is 3.31. The van der Waals surface area contributed by atoms with Crippen LogP contribution in [0.15, 0.2) is 0 Å². The third kappa shape index (κ3) is 1.03. The summed E-state index contributed by atoms with van der Waals surface area (Å²) < 4.78 is 14.0. The highest BCUT2D eigenvalue weighted by Crippen LogP contribution is 2.45. The molecule has 2 saturated heterocycles. The van der Waals surface area contributed by atoms with Crippen molar-refractivity contribution in [2.45, 2.75) is 23.8 Å². The lowest BCUT2D eigenvalue weighted by molar-refractivity contribution is -0.448. The van der Waals surface area contributed by atoms with Crippen LogP contribution in [0, 0.1) is 0 Å². The fourth-order valence-electron chi connectivity index (χ4n) is 1.79. The first-order valence-electron chi connectivity index (χ1n) is 4.15. The van der Waals surface area contributed by atoms with Crippen molar-refractivity contribution in [1.29, 1.82) is 0 Å². The molecule has 86 valence electrons. The molecule has 0 aromatic carbocycles. The monoisotopic (exact) mass is 222 g/mol. The summed E-state index contributed by atoms with van der Waals surface area (Å²) in [5.74, 6) is -6.00. The smallest absolute Gasteiger partial charge is 0.376 e. The standard InChI is InChI=1S/C7H10O8/c1-12-7(15-11)5(9)14-4-3(8)2-13-6(4,7)10/h3-4,8,10-11H,2H2,1H3/t3-,4+,6?,7?/m0/s1. The Balaban J connectivity index is 2.44. The first-order chi connectivity index (χ1) is 7.02. The molecule has 0 aromatic heterocycles. The summed E-state index contributed by atoms with van der Waals surface area (Å²) in [4.78, 5) is 15.2. The zero-order valence-corrected chi connectivity index (χ0v) is 7.74. The minimum absolute atomic E-state index is 0.261. The van der Waals surface area contributed by atoms with E-state index >= 15 is 0 Å². The molecule has 2 fully saturated rings. The van der Waals surface area contributed by atoms with Crippen molar-refractivity contribution < 1.29 is 39.4 Å². The summed E-state index contributed by atoms with van der Waals surface area (Å²) in [5, 5.41) is 27.9. The fourth-order valence-corrected chi connectivity index (χ4v) is 1.79. The fraction of sp³-hybridized carbons (Fsp3) is 0.857. The summed E-state index contributed by atoms with van der Waals surface area (Å²) in [6.45, 7) is -0.261. The number of hydrogen-bond donors (Lipinski definition) is 3. The maximum Gasteiger partial charge on any atom is 0.376 e. The van der Waals surface area contributed by atoms with Crippen molar-refractivity contribution in [2.24, 2.45) is 0 Å². The molecule has 2 heterocycles. The van der Waals surface area contributed by atoms with E-state index in [9.17, 15) is 15.0 Å². The number of aliphatic hydroxyl groups is 2. The Labute approximate surface area is 83.8 Å². The lowest BCUT2D eigenvalue weighted by Crippen LogP contribution is -2.60. The number of rotatable bonds is 2. The highest BCUT2D eigenvalue weighted by Gasteiger charge is 2.77. The Morgan fingerprint density at radius 1 is 1.60 bits per heavy atom. The van der Waals surface area contributed by atoms with Gasteiger partial charge in [-0.05, 0) is 0 Å². The summed E-state index contributed by atoms with van der Waals surface area (Å²) in [6, 6.07) is 0. The van der Waals surface area contributed by atoms with Gasteiger partial charge < -0.3 is 24.4 Å². The van der Waals surface area contributed by atoms with E-state index in [1.807, 2.05) is 0 Å². The molecule has 2 unspecified atom stereocenters. The number of carbonyl (C=O) groups is 1. The summed E-state index contributed by atoms with van der Waals surface area (Å²) in [7, 11) is 1.02. The summed E-state index contributed by atoms with van der Waals surface area (Å²) in [5.41, 5.74) is 0. The number of ether oxygens (including phenoxy) is 3. The van der Waals surface area contributed by atoms with Gasteiger partial charge in [0.2, 0.25) is 0 Å². The molecule has 15 heavy (non-hydrogen) atoms. The molecule has 0 saturated carbocycles. The van der Waals surface area contributed by atoms with Crippen LogP contribution in [0.4, 0.5) is 0 Å². The largest absolute Gasteiger partial charge is 0.449 e. The molecule has 0 bridgehead atoms. The van der Waals surface area contributed by atoms with Crippen LogP contribution in [0.25, 0.3) is 0 Å². The zero-order valence-electron chi connectivity index (χ0n) is 7.74. The first-order valence-corrected chi connectivity index (χ1v) is 4.15. The van der Waals surface area contributed by atoms with E-state index in [4.69, 9.17) is 9.99 Å². The van der Waals surface area contributed by atoms with Crippen LogP contribution in [0.2, 0.25) is 0 Å². The van der Waals surface area contributed by atoms with Crippen molar-refractivity contribution in [1.82, 2.24) is 0 Å². The van der Waals surface area contributed by atoms with Crippen molar-refractivity contribution in [3.8, 4) is 0 Å². The number of aliphatic hydroxyl groups excluding tert-OH is 1. The first kappa shape index (κ1) is 10.7. The van der Waals surface area contributed by atoms with Gasteiger partial charge in [-0.3, -0.25) is 0 Å². The number of hydrogen-bond acceptors (Lipinski definition) is 8. The summed E-state index contributed by atoms with van der Waals surface area (Å²) >= 11 is 0. The van der Waals surface area contributed by atoms with Crippen LogP contribution >= 0.6 is 0 Å². The average molecular weight is 222 g/mol. The molecule has 0 spiro atoms. The normalized spacial score (nSPS) is 49.2. The second kappa shape index (κ2) is 3.11. The lowest BCUT2D eigenvalue weighted by Gasteiger charge is -2.31. The van der Waals surface area contributed by atoms with Gasteiger partial charge in [0.15, 0.2) is 6.10 Å². The predicted octanol–water partition coefficient (Wildman–Crippen LogP) is -2.18. The number of methoxy groups -OCH3 is 1. The zero-order chi connectivity index (χ0) is 11.3. The minimum atomic E-state index is -2.48. The molecule has 0 amide bonds. The van der Waals surface area contributed by atoms with Crippen LogP contribution < -0.4 is 0 Å². The Morgan fingerprint density at radius 3 is 2.80 bits per heavy atom. The Hall–Kier alpha value is -0.770. The Bertz CT molecular complexity index is 287. The maximum absolute atomic E-state index is 11.3. The Kier molecular flexibility index (Phi) is 2.23. The SMILES string of the molecule is COC1(OO)C(=O)O[C@@H]2[C@@H](O)COC21O. The van der Waals surface area contributed by atoms with E-state index in [2.05, 4.69) is 14.4 Å². The molecule has 3 N–H and O–H groups in total. The number of esters is 1. The van der Waals surface area contributed by atoms with E-state index in [1.165, 1.54) is 0 Å². The van der Waals surface area contributed by atoms with E-state index in [-0.39, 0.29) is 6.61 Å². The quantitative estimate of drug-likeness (QED) is 0.209. The van der Waals surface area contributed by atoms with Crippen molar-refractivity contribution in [3.05, 3.63) is 0 Å². The van der Waals surface area contributed by atoms with Gasteiger partial charge in [-0.25, -0.2) is 10.1 Å². The second-order valence-corrected chi connectivity index (χ2v) is 3.31. The van der Waals surface area contributed by atoms with Gasteiger partial charge in [0.1, 0.15) is 6.10 Å². The van der Waals surface area contributed by atoms with Crippen LogP contribution in [0.1, 0.15) is 0 Å². The predicted molar refractivity (Wildman–Crippen MR) is 40.2 cm³/mol. The molecule has 4 atom stereocenters. The number of fused-ring (bicyclic) bond motifs is 1. The molecule has 0 radical (unpaired) electrons. The molecule has 2 aliphatic rings. The highest BCUT2D eigenvalue weighted by atomic mass is 17.2. The van der Waals surface area contributed by atoms with E-state index in [1.54, 1.807) is 0 Å². The van der Waals surface area contributed by atoms with Gasteiger partial charge in [-0.2, -0.15) is 4.89 Å². The van der Waals surface area contributed by atoms with Crippen LogP contribution in [-0.2, 0) is 23.9 Å². The van der Waals surface area contributed by atoms with E-state index in [0.29, 0.717) is 0 Å². The molecule has 8 nitrogen and oxygen atoms in total. The van der Waals surface area contributed by atoms with E-state index < -0.39 is 29.8 Å². The molecule has 0 aromatic rings. The molecule has 8 heteroatoms. The van der Waals surface area contributed by atoms with Crippen molar-refractivity contribution in [2.75, 3.05) is 13.7 Å². The van der Waals surface area contributed by atoms with Gasteiger partial charge in [0.25, 0.3) is 5.79 Å².